The zero-order chi connectivity index (χ0) is 24.7. The average Bonchev–Trinajstić information content (AvgIpc) is 2.73. The summed E-state index contributed by atoms with van der Waals surface area (Å²) in [5.41, 5.74) is 10.6. The summed E-state index contributed by atoms with van der Waals surface area (Å²) >= 11 is 0. The van der Waals surface area contributed by atoms with E-state index < -0.39 is 36.3 Å². The van der Waals surface area contributed by atoms with Crippen LogP contribution in [0.15, 0.2) is 36.4 Å². The number of nitrogens with two attached hydrogens (primary N) is 2. The molecule has 0 aliphatic carbocycles. The fourth-order valence-electron chi connectivity index (χ4n) is 3.42. The average molecular weight is 478 g/mol. The van der Waals surface area contributed by atoms with Gasteiger partial charge in [-0.1, -0.05) is 18.2 Å². The number of rotatable bonds is 4. The van der Waals surface area contributed by atoms with Crippen LogP contribution in [0, 0.1) is 0 Å². The topological polar surface area (TPSA) is 94.0 Å². The minimum atomic E-state index is -5.33. The Morgan fingerprint density at radius 3 is 2.33 bits per heavy atom. The largest absolute Gasteiger partial charge is 0.493 e. The van der Waals surface area contributed by atoms with Crippen molar-refractivity contribution in [1.29, 1.82) is 0 Å². The minimum absolute atomic E-state index is 0.0536. The fraction of sp³-hybridized carbons (Fsp3) is 0.350. The van der Waals surface area contributed by atoms with Gasteiger partial charge in [0.2, 0.25) is 0 Å². The molecule has 13 heteroatoms. The van der Waals surface area contributed by atoms with Crippen LogP contribution < -0.4 is 21.3 Å². The van der Waals surface area contributed by atoms with E-state index in [1.165, 1.54) is 36.2 Å². The van der Waals surface area contributed by atoms with Crippen molar-refractivity contribution in [2.45, 2.75) is 31.7 Å². The Hall–Kier alpha value is -3.03. The van der Waals surface area contributed by atoms with Crippen molar-refractivity contribution < 1.29 is 40.7 Å². The normalized spacial score (nSPS) is 19.3. The quantitative estimate of drug-likeness (QED) is 0.647. The van der Waals surface area contributed by atoms with Crippen LogP contribution in [-0.4, -0.2) is 37.0 Å². The standard InChI is InChI=1S/C20H20F6N4O3/c1-3-32-14-6-4-5-12(19(21,22)23)15(14)10-7-8-11-13(9-10)30(18(28)29(2)16(11)27)33-17(31)20(24,25)26/h4-9,16,18H,3,27-28H2,1-2H3. The predicted molar refractivity (Wildman–Crippen MR) is 105 cm³/mol. The molecule has 0 fully saturated rings. The zero-order valence-corrected chi connectivity index (χ0v) is 17.4. The first-order valence-electron chi connectivity index (χ1n) is 9.56. The van der Waals surface area contributed by atoms with E-state index in [9.17, 15) is 31.1 Å². The number of halogens is 6. The molecule has 0 radical (unpaired) electrons. The lowest BCUT2D eigenvalue weighted by Gasteiger charge is -2.43. The van der Waals surface area contributed by atoms with Gasteiger partial charge in [0.1, 0.15) is 5.75 Å². The third kappa shape index (κ3) is 4.70. The highest BCUT2D eigenvalue weighted by Crippen LogP contribution is 2.45. The highest BCUT2D eigenvalue weighted by atomic mass is 19.4. The van der Waals surface area contributed by atoms with Crippen LogP contribution in [0.3, 0.4) is 0 Å². The minimum Gasteiger partial charge on any atom is -0.493 e. The van der Waals surface area contributed by atoms with Crippen LogP contribution >= 0.6 is 0 Å². The Labute approximate surface area is 184 Å². The summed E-state index contributed by atoms with van der Waals surface area (Å²) in [5, 5.41) is 0.467. The van der Waals surface area contributed by atoms with Gasteiger partial charge in [0.15, 0.2) is 6.29 Å². The second-order valence-corrected chi connectivity index (χ2v) is 7.11. The van der Waals surface area contributed by atoms with E-state index in [1.54, 1.807) is 6.92 Å². The first-order valence-corrected chi connectivity index (χ1v) is 9.56. The van der Waals surface area contributed by atoms with Crippen molar-refractivity contribution in [3.8, 4) is 16.9 Å². The summed E-state index contributed by atoms with van der Waals surface area (Å²) < 4.78 is 85.1. The van der Waals surface area contributed by atoms with Crippen molar-refractivity contribution in [2.24, 2.45) is 11.5 Å². The summed E-state index contributed by atoms with van der Waals surface area (Å²) in [6.45, 7) is 1.65. The maximum atomic E-state index is 13.7. The van der Waals surface area contributed by atoms with Gasteiger partial charge in [-0.15, -0.1) is 0 Å². The maximum Gasteiger partial charge on any atom is 0.493 e. The lowest BCUT2D eigenvalue weighted by atomic mass is 9.94. The van der Waals surface area contributed by atoms with E-state index in [1.807, 2.05) is 0 Å². The van der Waals surface area contributed by atoms with E-state index in [2.05, 4.69) is 4.84 Å². The molecular weight excluding hydrogens is 458 g/mol. The van der Waals surface area contributed by atoms with E-state index in [0.717, 1.165) is 12.1 Å². The number of hydroxylamine groups is 1. The van der Waals surface area contributed by atoms with Crippen LogP contribution in [0.2, 0.25) is 0 Å². The Morgan fingerprint density at radius 2 is 1.76 bits per heavy atom. The molecular formula is C20H20F6N4O3. The van der Waals surface area contributed by atoms with Gasteiger partial charge in [-0.05, 0) is 37.7 Å². The van der Waals surface area contributed by atoms with Crippen LogP contribution in [0.1, 0.15) is 24.2 Å². The zero-order valence-electron chi connectivity index (χ0n) is 17.4. The number of carbonyl (C=O) groups is 1. The predicted octanol–water partition coefficient (Wildman–Crippen LogP) is 3.74. The number of hydrogen-bond donors (Lipinski definition) is 2. The monoisotopic (exact) mass is 478 g/mol. The molecule has 0 amide bonds. The molecule has 0 saturated carbocycles. The number of nitrogens with zero attached hydrogens (tertiary/aromatic N) is 2. The molecule has 7 nitrogen and oxygen atoms in total. The van der Waals surface area contributed by atoms with Crippen molar-refractivity contribution in [2.75, 3.05) is 18.7 Å². The highest BCUT2D eigenvalue weighted by molar-refractivity contribution is 5.80. The van der Waals surface area contributed by atoms with Gasteiger partial charge in [-0.25, -0.2) is 4.79 Å². The second-order valence-electron chi connectivity index (χ2n) is 7.11. The number of benzene rings is 2. The molecule has 1 aliphatic rings. The summed E-state index contributed by atoms with van der Waals surface area (Å²) in [6.07, 6.45) is -12.5. The Morgan fingerprint density at radius 1 is 1.09 bits per heavy atom. The first-order chi connectivity index (χ1) is 15.3. The molecule has 0 saturated heterocycles. The lowest BCUT2D eigenvalue weighted by molar-refractivity contribution is -0.204. The van der Waals surface area contributed by atoms with Crippen LogP contribution in [0.25, 0.3) is 11.1 Å². The third-order valence-corrected chi connectivity index (χ3v) is 5.02. The molecule has 0 aromatic heterocycles. The van der Waals surface area contributed by atoms with Gasteiger partial charge in [0, 0.05) is 11.1 Å². The lowest BCUT2D eigenvalue weighted by Crippen LogP contribution is -2.60. The molecule has 2 aromatic carbocycles. The molecule has 1 aliphatic heterocycles. The number of carbonyl (C=O) groups excluding carboxylic acids is 1. The molecule has 1 heterocycles. The van der Waals surface area contributed by atoms with Crippen LogP contribution in [0.5, 0.6) is 5.75 Å². The molecule has 2 aromatic rings. The molecule has 33 heavy (non-hydrogen) atoms. The molecule has 2 unspecified atom stereocenters. The Balaban J connectivity index is 2.21. The van der Waals surface area contributed by atoms with Gasteiger partial charge in [-0.2, -0.15) is 31.4 Å². The molecule has 0 bridgehead atoms. The second kappa shape index (κ2) is 8.72. The summed E-state index contributed by atoms with van der Waals surface area (Å²) in [7, 11) is 1.38. The summed E-state index contributed by atoms with van der Waals surface area (Å²) in [6, 6.07) is 7.13. The first kappa shape index (κ1) is 24.6. The number of anilines is 1. The Kier molecular flexibility index (Phi) is 6.51. The van der Waals surface area contributed by atoms with Gasteiger partial charge in [0.25, 0.3) is 0 Å². The summed E-state index contributed by atoms with van der Waals surface area (Å²) in [4.78, 5) is 17.2. The number of alkyl halides is 6. The number of ether oxygens (including phenoxy) is 1. The SMILES string of the molecule is CCOc1cccc(C(F)(F)F)c1-c1ccc2c(c1)N(OC(=O)C(F)(F)F)C(N)N(C)C2N. The molecule has 180 valence electrons. The molecule has 3 rings (SSSR count). The fourth-order valence-corrected chi connectivity index (χ4v) is 3.42. The summed E-state index contributed by atoms with van der Waals surface area (Å²) in [5.74, 6) is -2.64. The smallest absolute Gasteiger partial charge is 0.493 e. The van der Waals surface area contributed by atoms with Gasteiger partial charge in [-0.3, -0.25) is 10.6 Å². The van der Waals surface area contributed by atoms with Crippen molar-refractivity contribution in [1.82, 2.24) is 4.90 Å². The van der Waals surface area contributed by atoms with Gasteiger partial charge in [0.05, 0.1) is 24.0 Å². The van der Waals surface area contributed by atoms with Crippen molar-refractivity contribution in [3.05, 3.63) is 47.5 Å². The van der Waals surface area contributed by atoms with E-state index >= 15 is 0 Å². The van der Waals surface area contributed by atoms with E-state index in [0.29, 0.717) is 5.06 Å². The molecule has 2 atom stereocenters. The Bertz CT molecular complexity index is 1040. The van der Waals surface area contributed by atoms with Gasteiger partial charge < -0.3 is 15.3 Å². The number of fused-ring (bicyclic) bond motifs is 1. The molecule has 4 N–H and O–H groups in total. The molecule has 0 spiro atoms. The number of hydrogen-bond acceptors (Lipinski definition) is 7. The van der Waals surface area contributed by atoms with E-state index in [4.69, 9.17) is 16.2 Å². The van der Waals surface area contributed by atoms with E-state index in [-0.39, 0.29) is 34.7 Å². The van der Waals surface area contributed by atoms with Crippen LogP contribution in [0.4, 0.5) is 32.0 Å². The van der Waals surface area contributed by atoms with Crippen LogP contribution in [-0.2, 0) is 15.8 Å². The van der Waals surface area contributed by atoms with Crippen molar-refractivity contribution >= 4 is 11.7 Å². The maximum absolute atomic E-state index is 13.7. The highest BCUT2D eigenvalue weighted by Gasteiger charge is 2.46. The third-order valence-electron chi connectivity index (χ3n) is 5.02. The van der Waals surface area contributed by atoms with Crippen molar-refractivity contribution in [3.63, 3.8) is 0 Å². The van der Waals surface area contributed by atoms with Gasteiger partial charge >= 0.3 is 18.3 Å².